The minimum atomic E-state index is -0.147. The molecule has 3 atom stereocenters. The number of ether oxygens (including phenoxy) is 2. The molecule has 2 aromatic rings. The van der Waals surface area contributed by atoms with Crippen molar-refractivity contribution in [3.05, 3.63) is 54.2 Å². The first-order valence-electron chi connectivity index (χ1n) is 8.47. The van der Waals surface area contributed by atoms with Gasteiger partial charge in [-0.1, -0.05) is 6.07 Å². The van der Waals surface area contributed by atoms with Gasteiger partial charge in [-0.05, 0) is 18.2 Å². The normalized spacial score (nSPS) is 26.3. The summed E-state index contributed by atoms with van der Waals surface area (Å²) >= 11 is 0. The summed E-state index contributed by atoms with van der Waals surface area (Å²) in [7, 11) is 0. The number of carbonyl (C=O) groups is 1. The predicted octanol–water partition coefficient (Wildman–Crippen LogP) is 1.07. The standard InChI is InChI=1S/C18H21N3O4/c22-18(13-4-7-23-10-13)20-15-9-21-6-8-24-12-16(21)17(15)25-11-14-3-1-2-5-19-14/h1-5,7,10,15-17H,6,8-9,11-12H2,(H,20,22). The van der Waals surface area contributed by atoms with E-state index in [0.717, 1.165) is 18.8 Å². The van der Waals surface area contributed by atoms with Crippen LogP contribution in [0.4, 0.5) is 0 Å². The van der Waals surface area contributed by atoms with Crippen molar-refractivity contribution in [2.75, 3.05) is 26.3 Å². The summed E-state index contributed by atoms with van der Waals surface area (Å²) in [6.45, 7) is 3.35. The van der Waals surface area contributed by atoms with Crippen molar-refractivity contribution in [2.24, 2.45) is 0 Å². The molecule has 0 aromatic carbocycles. The van der Waals surface area contributed by atoms with Crippen LogP contribution in [0.3, 0.4) is 0 Å². The Balaban J connectivity index is 1.46. The van der Waals surface area contributed by atoms with Crippen LogP contribution in [0.25, 0.3) is 0 Å². The van der Waals surface area contributed by atoms with Crippen LogP contribution in [0, 0.1) is 0 Å². The molecule has 1 N–H and O–H groups in total. The Hall–Kier alpha value is -2.22. The maximum absolute atomic E-state index is 12.4. The highest BCUT2D eigenvalue weighted by atomic mass is 16.5. The number of aromatic nitrogens is 1. The van der Waals surface area contributed by atoms with E-state index in [9.17, 15) is 4.79 Å². The first-order valence-corrected chi connectivity index (χ1v) is 8.47. The number of fused-ring (bicyclic) bond motifs is 1. The minimum absolute atomic E-state index is 0.0992. The van der Waals surface area contributed by atoms with Gasteiger partial charge in [0, 0.05) is 19.3 Å². The van der Waals surface area contributed by atoms with E-state index in [0.29, 0.717) is 25.4 Å². The van der Waals surface area contributed by atoms with Gasteiger partial charge in [0.1, 0.15) is 6.26 Å². The maximum Gasteiger partial charge on any atom is 0.254 e. The van der Waals surface area contributed by atoms with E-state index >= 15 is 0 Å². The van der Waals surface area contributed by atoms with Gasteiger partial charge in [0.15, 0.2) is 0 Å². The van der Waals surface area contributed by atoms with Crippen LogP contribution in [-0.4, -0.2) is 60.3 Å². The molecule has 0 saturated carbocycles. The summed E-state index contributed by atoms with van der Waals surface area (Å²) in [5, 5.41) is 3.08. The number of amides is 1. The van der Waals surface area contributed by atoms with E-state index in [2.05, 4.69) is 15.2 Å². The number of furan rings is 1. The van der Waals surface area contributed by atoms with Gasteiger partial charge < -0.3 is 19.2 Å². The molecule has 0 bridgehead atoms. The van der Waals surface area contributed by atoms with Gasteiger partial charge in [0.2, 0.25) is 0 Å². The highest BCUT2D eigenvalue weighted by Gasteiger charge is 2.44. The zero-order chi connectivity index (χ0) is 17.1. The van der Waals surface area contributed by atoms with Crippen molar-refractivity contribution in [1.29, 1.82) is 0 Å². The number of carbonyl (C=O) groups excluding carboxylic acids is 1. The van der Waals surface area contributed by atoms with Gasteiger partial charge in [0.05, 0.1) is 55.5 Å². The van der Waals surface area contributed by atoms with Crippen LogP contribution in [0.5, 0.6) is 0 Å². The predicted molar refractivity (Wildman–Crippen MR) is 89.0 cm³/mol. The molecule has 25 heavy (non-hydrogen) atoms. The minimum Gasteiger partial charge on any atom is -0.472 e. The van der Waals surface area contributed by atoms with Crippen molar-refractivity contribution < 1.29 is 18.7 Å². The number of nitrogens with zero attached hydrogens (tertiary/aromatic N) is 2. The molecule has 2 saturated heterocycles. The molecule has 132 valence electrons. The number of nitrogens with one attached hydrogen (secondary N) is 1. The van der Waals surface area contributed by atoms with Gasteiger partial charge >= 0.3 is 0 Å². The summed E-state index contributed by atoms with van der Waals surface area (Å²) in [6.07, 6.45) is 4.56. The van der Waals surface area contributed by atoms with E-state index in [4.69, 9.17) is 13.9 Å². The molecular formula is C18H21N3O4. The Bertz CT molecular complexity index is 692. The number of hydrogen-bond donors (Lipinski definition) is 1. The summed E-state index contributed by atoms with van der Waals surface area (Å²) < 4.78 is 16.8. The lowest BCUT2D eigenvalue weighted by Gasteiger charge is -2.32. The average molecular weight is 343 g/mol. The lowest BCUT2D eigenvalue weighted by atomic mass is 10.1. The molecule has 2 aliphatic heterocycles. The van der Waals surface area contributed by atoms with E-state index < -0.39 is 0 Å². The first kappa shape index (κ1) is 16.3. The first-order chi connectivity index (χ1) is 12.3. The SMILES string of the molecule is O=C(NC1CN2CCOCC2C1OCc1ccccn1)c1ccoc1. The van der Waals surface area contributed by atoms with Gasteiger partial charge in [-0.25, -0.2) is 0 Å². The Morgan fingerprint density at radius 3 is 3.16 bits per heavy atom. The largest absolute Gasteiger partial charge is 0.472 e. The van der Waals surface area contributed by atoms with Crippen LogP contribution in [-0.2, 0) is 16.1 Å². The fourth-order valence-corrected chi connectivity index (χ4v) is 3.48. The smallest absolute Gasteiger partial charge is 0.254 e. The van der Waals surface area contributed by atoms with Gasteiger partial charge in [0.25, 0.3) is 5.91 Å². The van der Waals surface area contributed by atoms with E-state index in [-0.39, 0.29) is 24.1 Å². The Labute approximate surface area is 145 Å². The second-order valence-corrected chi connectivity index (χ2v) is 6.33. The molecule has 0 aliphatic carbocycles. The fraction of sp³-hybridized carbons (Fsp3) is 0.444. The van der Waals surface area contributed by atoms with Gasteiger partial charge in [-0.2, -0.15) is 0 Å². The van der Waals surface area contributed by atoms with Crippen LogP contribution >= 0.6 is 0 Å². The molecule has 4 heterocycles. The fourth-order valence-electron chi connectivity index (χ4n) is 3.48. The number of morpholine rings is 1. The quantitative estimate of drug-likeness (QED) is 0.875. The molecule has 4 rings (SSSR count). The van der Waals surface area contributed by atoms with Crippen LogP contribution < -0.4 is 5.32 Å². The lowest BCUT2D eigenvalue weighted by Crippen LogP contribution is -2.48. The number of hydrogen-bond acceptors (Lipinski definition) is 6. The van der Waals surface area contributed by atoms with Crippen molar-refractivity contribution in [3.63, 3.8) is 0 Å². The molecule has 7 nitrogen and oxygen atoms in total. The highest BCUT2D eigenvalue weighted by molar-refractivity contribution is 5.94. The Morgan fingerprint density at radius 1 is 1.40 bits per heavy atom. The van der Waals surface area contributed by atoms with Crippen molar-refractivity contribution in [1.82, 2.24) is 15.2 Å². The summed E-state index contributed by atoms with van der Waals surface area (Å²) in [5.41, 5.74) is 1.39. The number of pyridine rings is 1. The van der Waals surface area contributed by atoms with Crippen molar-refractivity contribution in [3.8, 4) is 0 Å². The molecule has 2 aromatic heterocycles. The van der Waals surface area contributed by atoms with E-state index in [1.807, 2.05) is 18.2 Å². The molecule has 7 heteroatoms. The molecule has 2 aliphatic rings. The molecule has 2 fully saturated rings. The topological polar surface area (TPSA) is 76.8 Å². The van der Waals surface area contributed by atoms with Gasteiger partial charge in [-0.15, -0.1) is 0 Å². The third-order valence-electron chi connectivity index (χ3n) is 4.74. The Morgan fingerprint density at radius 2 is 2.36 bits per heavy atom. The van der Waals surface area contributed by atoms with E-state index in [1.54, 1.807) is 12.3 Å². The van der Waals surface area contributed by atoms with Crippen molar-refractivity contribution in [2.45, 2.75) is 24.8 Å². The third-order valence-corrected chi connectivity index (χ3v) is 4.74. The van der Waals surface area contributed by atoms with Gasteiger partial charge in [-0.3, -0.25) is 14.7 Å². The zero-order valence-electron chi connectivity index (χ0n) is 13.8. The monoisotopic (exact) mass is 343 g/mol. The van der Waals surface area contributed by atoms with E-state index in [1.165, 1.54) is 12.5 Å². The zero-order valence-corrected chi connectivity index (χ0v) is 13.8. The highest BCUT2D eigenvalue weighted by Crippen LogP contribution is 2.25. The maximum atomic E-state index is 12.4. The molecular weight excluding hydrogens is 322 g/mol. The van der Waals surface area contributed by atoms with Crippen LogP contribution in [0.2, 0.25) is 0 Å². The average Bonchev–Trinajstić information content (AvgIpc) is 3.29. The van der Waals surface area contributed by atoms with Crippen LogP contribution in [0.15, 0.2) is 47.4 Å². The second-order valence-electron chi connectivity index (χ2n) is 6.33. The lowest BCUT2D eigenvalue weighted by molar-refractivity contribution is -0.0537. The Kier molecular flexibility index (Phi) is 4.78. The molecule has 0 radical (unpaired) electrons. The second kappa shape index (κ2) is 7.35. The summed E-state index contributed by atoms with van der Waals surface area (Å²) in [4.78, 5) is 19.0. The van der Waals surface area contributed by atoms with Crippen molar-refractivity contribution >= 4 is 5.91 Å². The molecule has 0 spiro atoms. The number of rotatable bonds is 5. The van der Waals surface area contributed by atoms with Crippen LogP contribution in [0.1, 0.15) is 16.1 Å². The molecule has 1 amide bonds. The summed E-state index contributed by atoms with van der Waals surface area (Å²) in [6, 6.07) is 7.45. The molecule has 3 unspecified atom stereocenters. The summed E-state index contributed by atoms with van der Waals surface area (Å²) in [5.74, 6) is -0.147. The third kappa shape index (κ3) is 3.58.